The third-order valence-corrected chi connectivity index (χ3v) is 3.74. The highest BCUT2D eigenvalue weighted by molar-refractivity contribution is 5.55. The normalized spacial score (nSPS) is 11.4. The van der Waals surface area contributed by atoms with Crippen LogP contribution in [0.25, 0.3) is 0 Å². The Morgan fingerprint density at radius 1 is 1.20 bits per heavy atom. The zero-order valence-electron chi connectivity index (χ0n) is 13.3. The number of hydrogen-bond donors (Lipinski definition) is 1. The molecule has 0 saturated carbocycles. The fourth-order valence-electron chi connectivity index (χ4n) is 2.78. The largest absolute Gasteiger partial charge is 0.368 e. The Balaban J connectivity index is 3.21. The summed E-state index contributed by atoms with van der Waals surface area (Å²) >= 11 is 0. The highest BCUT2D eigenvalue weighted by Gasteiger charge is 2.20. The van der Waals surface area contributed by atoms with Gasteiger partial charge in [0.15, 0.2) is 0 Å². The molecule has 0 radical (unpaired) electrons. The van der Waals surface area contributed by atoms with E-state index in [1.807, 2.05) is 6.07 Å². The van der Waals surface area contributed by atoms with Crippen LogP contribution in [0.3, 0.4) is 0 Å². The van der Waals surface area contributed by atoms with Gasteiger partial charge in [-0.2, -0.15) is 0 Å². The molecule has 0 aliphatic rings. The van der Waals surface area contributed by atoms with Crippen LogP contribution in [0.1, 0.15) is 46.1 Å². The van der Waals surface area contributed by atoms with E-state index in [1.54, 1.807) is 6.07 Å². The van der Waals surface area contributed by atoms with Gasteiger partial charge in [0, 0.05) is 23.8 Å². The second-order valence-electron chi connectivity index (χ2n) is 5.79. The molecule has 1 rings (SSSR count). The van der Waals surface area contributed by atoms with E-state index < -0.39 is 0 Å². The predicted molar refractivity (Wildman–Crippen MR) is 85.7 cm³/mol. The number of halogens is 1. The second kappa shape index (κ2) is 8.25. The van der Waals surface area contributed by atoms with Gasteiger partial charge < -0.3 is 10.6 Å². The molecular formula is C17H29FN2. The van der Waals surface area contributed by atoms with E-state index in [-0.39, 0.29) is 5.82 Å². The lowest BCUT2D eigenvalue weighted by molar-refractivity contribution is 0.503. The minimum absolute atomic E-state index is 0.132. The highest BCUT2D eigenvalue weighted by atomic mass is 19.1. The van der Waals surface area contributed by atoms with Crippen molar-refractivity contribution in [1.82, 2.24) is 0 Å². The fraction of sp³-hybridized carbons (Fsp3) is 0.647. The minimum atomic E-state index is -0.132. The van der Waals surface area contributed by atoms with Crippen molar-refractivity contribution in [3.05, 3.63) is 29.6 Å². The Bertz CT molecular complexity index is 400. The summed E-state index contributed by atoms with van der Waals surface area (Å²) in [7, 11) is 0. The zero-order valence-corrected chi connectivity index (χ0v) is 13.3. The lowest BCUT2D eigenvalue weighted by atomic mass is 10.0. The molecule has 114 valence electrons. The molecule has 0 spiro atoms. The average Bonchev–Trinajstić information content (AvgIpc) is 2.41. The molecule has 0 aliphatic heterocycles. The third-order valence-electron chi connectivity index (χ3n) is 3.74. The number of rotatable bonds is 8. The topological polar surface area (TPSA) is 29.3 Å². The van der Waals surface area contributed by atoms with Gasteiger partial charge in [-0.15, -0.1) is 0 Å². The van der Waals surface area contributed by atoms with Gasteiger partial charge in [0.05, 0.1) is 0 Å². The number of benzene rings is 1. The van der Waals surface area contributed by atoms with Gasteiger partial charge in [-0.3, -0.25) is 0 Å². The second-order valence-corrected chi connectivity index (χ2v) is 5.79. The third kappa shape index (κ3) is 4.20. The van der Waals surface area contributed by atoms with Crippen LogP contribution in [0.2, 0.25) is 0 Å². The summed E-state index contributed by atoms with van der Waals surface area (Å²) in [5, 5.41) is 0. The van der Waals surface area contributed by atoms with Crippen molar-refractivity contribution >= 4 is 5.69 Å². The predicted octanol–water partition coefficient (Wildman–Crippen LogP) is 3.98. The summed E-state index contributed by atoms with van der Waals surface area (Å²) in [5.41, 5.74) is 7.45. The van der Waals surface area contributed by atoms with Crippen LogP contribution in [0.5, 0.6) is 0 Å². The van der Waals surface area contributed by atoms with E-state index in [4.69, 9.17) is 5.73 Å². The van der Waals surface area contributed by atoms with Gasteiger partial charge in [-0.25, -0.2) is 4.39 Å². The summed E-state index contributed by atoms with van der Waals surface area (Å²) in [4.78, 5) is 2.37. The Hall–Kier alpha value is -1.09. The quantitative estimate of drug-likeness (QED) is 0.780. The molecule has 0 bridgehead atoms. The van der Waals surface area contributed by atoms with Gasteiger partial charge in [-0.05, 0) is 43.9 Å². The molecule has 3 heteroatoms. The van der Waals surface area contributed by atoms with E-state index in [9.17, 15) is 4.39 Å². The standard InChI is InChI=1S/C17H29FN2/c1-5-14(6-2)20(12-13(3)4)17-9-7-8-16(18)15(17)10-11-19/h7-9,13-14H,5-6,10-12,19H2,1-4H3. The average molecular weight is 280 g/mol. The Kier molecular flexibility index (Phi) is 7.00. The number of nitrogens with two attached hydrogens (primary N) is 1. The van der Waals surface area contributed by atoms with Crippen LogP contribution < -0.4 is 10.6 Å². The maximum atomic E-state index is 14.1. The molecule has 0 fully saturated rings. The first-order valence-electron chi connectivity index (χ1n) is 7.79. The maximum absolute atomic E-state index is 14.1. The molecule has 1 aromatic carbocycles. The number of hydrogen-bond acceptors (Lipinski definition) is 2. The lowest BCUT2D eigenvalue weighted by Crippen LogP contribution is -2.38. The van der Waals surface area contributed by atoms with Gasteiger partial charge in [-0.1, -0.05) is 33.8 Å². The van der Waals surface area contributed by atoms with Crippen molar-refractivity contribution in [1.29, 1.82) is 0 Å². The van der Waals surface area contributed by atoms with Crippen LogP contribution in [0.4, 0.5) is 10.1 Å². The molecule has 0 atom stereocenters. The van der Waals surface area contributed by atoms with E-state index in [1.165, 1.54) is 6.07 Å². The molecule has 0 saturated heterocycles. The smallest absolute Gasteiger partial charge is 0.128 e. The van der Waals surface area contributed by atoms with Crippen LogP contribution >= 0.6 is 0 Å². The molecule has 0 heterocycles. The van der Waals surface area contributed by atoms with Crippen molar-refractivity contribution in [2.24, 2.45) is 11.7 Å². The van der Waals surface area contributed by atoms with E-state index in [0.717, 1.165) is 30.6 Å². The zero-order chi connectivity index (χ0) is 15.1. The summed E-state index contributed by atoms with van der Waals surface area (Å²) in [6.07, 6.45) is 2.74. The maximum Gasteiger partial charge on any atom is 0.128 e. The minimum Gasteiger partial charge on any atom is -0.368 e. The van der Waals surface area contributed by atoms with Crippen LogP contribution in [0, 0.1) is 11.7 Å². The molecule has 0 aromatic heterocycles. The van der Waals surface area contributed by atoms with Crippen LogP contribution in [-0.2, 0) is 6.42 Å². The highest BCUT2D eigenvalue weighted by Crippen LogP contribution is 2.28. The first kappa shape index (κ1) is 17.0. The van der Waals surface area contributed by atoms with Gasteiger partial charge in [0.2, 0.25) is 0 Å². The van der Waals surface area contributed by atoms with Crippen molar-refractivity contribution < 1.29 is 4.39 Å². The molecule has 0 aliphatic carbocycles. The Labute approximate surface area is 123 Å². The molecule has 20 heavy (non-hydrogen) atoms. The van der Waals surface area contributed by atoms with E-state index in [0.29, 0.717) is 24.9 Å². The molecular weight excluding hydrogens is 251 g/mol. The summed E-state index contributed by atoms with van der Waals surface area (Å²) < 4.78 is 14.1. The molecule has 0 unspecified atom stereocenters. The van der Waals surface area contributed by atoms with Gasteiger partial charge >= 0.3 is 0 Å². The van der Waals surface area contributed by atoms with Crippen molar-refractivity contribution in [2.45, 2.75) is 53.0 Å². The number of anilines is 1. The van der Waals surface area contributed by atoms with Gasteiger partial charge in [0.1, 0.15) is 5.82 Å². The molecule has 1 aromatic rings. The first-order valence-corrected chi connectivity index (χ1v) is 7.79. The summed E-state index contributed by atoms with van der Waals surface area (Å²) in [6.45, 7) is 10.2. The van der Waals surface area contributed by atoms with E-state index in [2.05, 4.69) is 32.6 Å². The van der Waals surface area contributed by atoms with E-state index >= 15 is 0 Å². The van der Waals surface area contributed by atoms with Crippen LogP contribution in [0.15, 0.2) is 18.2 Å². The summed E-state index contributed by atoms with van der Waals surface area (Å²) in [5.74, 6) is 0.414. The van der Waals surface area contributed by atoms with Crippen LogP contribution in [-0.4, -0.2) is 19.1 Å². The SMILES string of the molecule is CCC(CC)N(CC(C)C)c1cccc(F)c1CCN. The molecule has 0 amide bonds. The van der Waals surface area contributed by atoms with Crippen molar-refractivity contribution in [3.63, 3.8) is 0 Å². The summed E-state index contributed by atoms with van der Waals surface area (Å²) in [6, 6.07) is 5.83. The van der Waals surface area contributed by atoms with Crippen molar-refractivity contribution in [2.75, 3.05) is 18.0 Å². The number of nitrogens with zero attached hydrogens (tertiary/aromatic N) is 1. The molecule has 2 N–H and O–H groups in total. The lowest BCUT2D eigenvalue weighted by Gasteiger charge is -2.35. The fourth-order valence-corrected chi connectivity index (χ4v) is 2.78. The van der Waals surface area contributed by atoms with Crippen molar-refractivity contribution in [3.8, 4) is 0 Å². The Morgan fingerprint density at radius 3 is 2.35 bits per heavy atom. The Morgan fingerprint density at radius 2 is 1.85 bits per heavy atom. The first-order chi connectivity index (χ1) is 9.54. The van der Waals surface area contributed by atoms with Gasteiger partial charge in [0.25, 0.3) is 0 Å². The monoisotopic (exact) mass is 280 g/mol. The molecule has 2 nitrogen and oxygen atoms in total.